The van der Waals surface area contributed by atoms with Crippen LogP contribution in [0.3, 0.4) is 0 Å². The summed E-state index contributed by atoms with van der Waals surface area (Å²) in [6.07, 6.45) is 5.59. The van der Waals surface area contributed by atoms with Gasteiger partial charge < -0.3 is 29.9 Å². The largest absolute Gasteiger partial charge is 0.488 e. The molecule has 314 valence electrons. The van der Waals surface area contributed by atoms with Gasteiger partial charge in [0.25, 0.3) is 0 Å². The van der Waals surface area contributed by atoms with Gasteiger partial charge in [-0.3, -0.25) is 19.6 Å². The second kappa shape index (κ2) is 20.8. The molecule has 61 heavy (non-hydrogen) atoms. The zero-order chi connectivity index (χ0) is 43.5. The number of hydrogen-bond donors (Lipinski definition) is 4. The first-order valence-corrected chi connectivity index (χ1v) is 20.6. The SMILES string of the molecule is Cc1c(COc2cc(OCc3cncc(C#N)c3)c(CCC[C@@H](O)CC(=O)O)cc2Cl)cccc1-c1cccc(-c2cnc3c(CCC[C@@H](O)CC(=O)O)cccc3c2)c1C. The summed E-state index contributed by atoms with van der Waals surface area (Å²) in [5.74, 6) is -1.13. The average Bonchev–Trinajstić information content (AvgIpc) is 3.23. The molecular formula is C49H48ClN3O8. The van der Waals surface area contributed by atoms with Crippen molar-refractivity contribution in [2.45, 2.75) is 90.6 Å². The van der Waals surface area contributed by atoms with Gasteiger partial charge in [-0.1, -0.05) is 66.2 Å². The zero-order valence-electron chi connectivity index (χ0n) is 34.1. The topological polar surface area (TPSA) is 183 Å². The van der Waals surface area contributed by atoms with E-state index in [0.29, 0.717) is 66.2 Å². The van der Waals surface area contributed by atoms with E-state index in [0.717, 1.165) is 61.0 Å². The van der Waals surface area contributed by atoms with Gasteiger partial charge in [0, 0.05) is 41.2 Å². The summed E-state index contributed by atoms with van der Waals surface area (Å²) in [7, 11) is 0. The predicted molar refractivity (Wildman–Crippen MR) is 234 cm³/mol. The highest BCUT2D eigenvalue weighted by Crippen LogP contribution is 2.38. The fourth-order valence-electron chi connectivity index (χ4n) is 7.57. The van der Waals surface area contributed by atoms with Crippen LogP contribution in [0.15, 0.2) is 97.5 Å². The highest BCUT2D eigenvalue weighted by Gasteiger charge is 2.18. The minimum atomic E-state index is -1.06. The number of carboxylic acid groups (broad SMARTS) is 2. The number of aliphatic hydroxyl groups excluding tert-OH is 2. The number of nitriles is 1. The standard InChI is InChI=1S/C49H48ClN3O8/c1-30-37(29-61-46-23-45(60-28-33-18-32(24-51)25-52-26-33)35(20-44(46)50)10-5-14-40(55)22-48(58)59)12-6-16-42(30)43-17-7-15-41(31(43)2)38-19-36-11-3-8-34(49(36)53-27-38)9-4-13-39(54)21-47(56)57/h3,6-8,11-12,15-20,23,25-27,39-40,54-55H,4-5,9-10,13-14,21-22,28-29H2,1-2H3,(H,56,57)(H,58,59)/t39-,40-/m1/s1. The zero-order valence-corrected chi connectivity index (χ0v) is 34.9. The van der Waals surface area contributed by atoms with Crippen molar-refractivity contribution >= 4 is 34.4 Å². The van der Waals surface area contributed by atoms with Crippen LogP contribution in [-0.2, 0) is 35.6 Å². The quantitative estimate of drug-likeness (QED) is 0.0574. The van der Waals surface area contributed by atoms with Crippen LogP contribution in [0.25, 0.3) is 33.2 Å². The molecule has 4 N–H and O–H groups in total. The number of halogens is 1. The molecule has 2 atom stereocenters. The number of fused-ring (bicyclic) bond motifs is 1. The molecule has 0 amide bonds. The maximum Gasteiger partial charge on any atom is 0.305 e. The number of carboxylic acids is 2. The normalized spacial score (nSPS) is 12.1. The number of aliphatic hydroxyl groups is 2. The Morgan fingerprint density at radius 3 is 2.05 bits per heavy atom. The summed E-state index contributed by atoms with van der Waals surface area (Å²) in [4.78, 5) is 31.0. The van der Waals surface area contributed by atoms with E-state index in [2.05, 4.69) is 49.2 Å². The highest BCUT2D eigenvalue weighted by molar-refractivity contribution is 6.32. The van der Waals surface area contributed by atoms with Crippen LogP contribution in [0.4, 0.5) is 0 Å². The molecule has 0 saturated carbocycles. The van der Waals surface area contributed by atoms with Crippen molar-refractivity contribution in [2.75, 3.05) is 0 Å². The molecule has 0 aliphatic carbocycles. The molecule has 2 heterocycles. The van der Waals surface area contributed by atoms with Crippen molar-refractivity contribution in [2.24, 2.45) is 0 Å². The molecule has 12 heteroatoms. The molecule has 0 fully saturated rings. The second-order valence-electron chi connectivity index (χ2n) is 15.2. The number of hydrogen-bond acceptors (Lipinski definition) is 9. The lowest BCUT2D eigenvalue weighted by Gasteiger charge is -2.18. The first-order chi connectivity index (χ1) is 29.4. The summed E-state index contributed by atoms with van der Waals surface area (Å²) < 4.78 is 12.6. The molecule has 0 bridgehead atoms. The van der Waals surface area contributed by atoms with Gasteiger partial charge in [0.05, 0.1) is 41.2 Å². The van der Waals surface area contributed by atoms with Crippen LogP contribution in [-0.4, -0.2) is 54.5 Å². The average molecular weight is 842 g/mol. The van der Waals surface area contributed by atoms with E-state index in [-0.39, 0.29) is 26.1 Å². The summed E-state index contributed by atoms with van der Waals surface area (Å²) in [5.41, 5.74) is 11.1. The van der Waals surface area contributed by atoms with Crippen molar-refractivity contribution in [1.82, 2.24) is 9.97 Å². The van der Waals surface area contributed by atoms with Crippen LogP contribution in [0.5, 0.6) is 11.5 Å². The predicted octanol–water partition coefficient (Wildman–Crippen LogP) is 9.58. The molecule has 0 aliphatic rings. The Hall–Kier alpha value is -6.32. The third kappa shape index (κ3) is 11.7. The van der Waals surface area contributed by atoms with E-state index in [4.69, 9.17) is 36.3 Å². The molecule has 6 rings (SSSR count). The summed E-state index contributed by atoms with van der Waals surface area (Å²) in [6, 6.07) is 27.9. The Morgan fingerprint density at radius 2 is 1.34 bits per heavy atom. The Bertz CT molecular complexity index is 2570. The van der Waals surface area contributed by atoms with Crippen molar-refractivity contribution in [3.05, 3.63) is 141 Å². The molecule has 0 aliphatic heterocycles. The number of ether oxygens (including phenoxy) is 2. The third-order valence-electron chi connectivity index (χ3n) is 10.8. The number of benzene rings is 4. The molecule has 6 aromatic rings. The van der Waals surface area contributed by atoms with Gasteiger partial charge in [-0.05, 0) is 115 Å². The van der Waals surface area contributed by atoms with Crippen molar-refractivity contribution in [3.63, 3.8) is 0 Å². The molecule has 0 unspecified atom stereocenters. The molecule has 0 spiro atoms. The molecular weight excluding hydrogens is 794 g/mol. The van der Waals surface area contributed by atoms with Gasteiger partial charge in [-0.15, -0.1) is 0 Å². The third-order valence-corrected chi connectivity index (χ3v) is 11.1. The van der Waals surface area contributed by atoms with E-state index in [1.54, 1.807) is 24.4 Å². The maximum absolute atomic E-state index is 11.0. The first kappa shape index (κ1) is 44.2. The van der Waals surface area contributed by atoms with Crippen molar-refractivity contribution < 1.29 is 39.5 Å². The minimum absolute atomic E-state index is 0.136. The van der Waals surface area contributed by atoms with Gasteiger partial charge in [0.15, 0.2) is 0 Å². The Balaban J connectivity index is 1.20. The number of pyridine rings is 2. The van der Waals surface area contributed by atoms with E-state index in [1.165, 1.54) is 6.20 Å². The van der Waals surface area contributed by atoms with Crippen LogP contribution in [0.2, 0.25) is 5.02 Å². The number of carbonyl (C=O) groups is 2. The highest BCUT2D eigenvalue weighted by atomic mass is 35.5. The van der Waals surface area contributed by atoms with Gasteiger partial charge in [-0.25, -0.2) is 0 Å². The van der Waals surface area contributed by atoms with Crippen molar-refractivity contribution in [3.8, 4) is 39.8 Å². The first-order valence-electron chi connectivity index (χ1n) is 20.2. The van der Waals surface area contributed by atoms with Gasteiger partial charge in [-0.2, -0.15) is 5.26 Å². The van der Waals surface area contributed by atoms with E-state index < -0.39 is 24.1 Å². The Morgan fingerprint density at radius 1 is 0.721 bits per heavy atom. The number of aromatic nitrogens is 2. The molecule has 0 radical (unpaired) electrons. The summed E-state index contributed by atoms with van der Waals surface area (Å²) >= 11 is 6.81. The second-order valence-corrected chi connectivity index (χ2v) is 15.6. The monoisotopic (exact) mass is 841 g/mol. The van der Waals surface area contributed by atoms with Gasteiger partial charge in [0.1, 0.15) is 30.8 Å². The lowest BCUT2D eigenvalue weighted by atomic mass is 9.89. The Labute approximate surface area is 359 Å². The van der Waals surface area contributed by atoms with E-state index >= 15 is 0 Å². The Kier molecular flexibility index (Phi) is 15.1. The lowest BCUT2D eigenvalue weighted by Crippen LogP contribution is -2.13. The van der Waals surface area contributed by atoms with Crippen LogP contribution in [0, 0.1) is 25.2 Å². The van der Waals surface area contributed by atoms with Crippen LogP contribution in [0.1, 0.15) is 77.5 Å². The number of para-hydroxylation sites is 1. The van der Waals surface area contributed by atoms with Crippen molar-refractivity contribution in [1.29, 1.82) is 5.26 Å². The summed E-state index contributed by atoms with van der Waals surface area (Å²) in [5, 5.41) is 48.8. The molecule has 4 aromatic carbocycles. The van der Waals surface area contributed by atoms with Crippen LogP contribution < -0.4 is 9.47 Å². The van der Waals surface area contributed by atoms with E-state index in [1.807, 2.05) is 42.6 Å². The molecule has 2 aromatic heterocycles. The lowest BCUT2D eigenvalue weighted by molar-refractivity contribution is -0.140. The summed E-state index contributed by atoms with van der Waals surface area (Å²) in [6.45, 7) is 4.54. The van der Waals surface area contributed by atoms with Gasteiger partial charge >= 0.3 is 11.9 Å². The number of aryl methyl sites for hydroxylation is 2. The van der Waals surface area contributed by atoms with Crippen LogP contribution >= 0.6 is 11.6 Å². The fraction of sp³-hybridized carbons (Fsp3) is 0.286. The smallest absolute Gasteiger partial charge is 0.305 e. The minimum Gasteiger partial charge on any atom is -0.488 e. The molecule has 0 saturated heterocycles. The van der Waals surface area contributed by atoms with Gasteiger partial charge in [0.2, 0.25) is 0 Å². The number of nitrogens with zero attached hydrogens (tertiary/aromatic N) is 3. The van der Waals surface area contributed by atoms with E-state index in [9.17, 15) is 25.1 Å². The maximum atomic E-state index is 11.0. The number of rotatable bonds is 20. The fourth-order valence-corrected chi connectivity index (χ4v) is 7.81. The molecule has 11 nitrogen and oxygen atoms in total. The number of aliphatic carboxylic acids is 2.